The lowest BCUT2D eigenvalue weighted by atomic mass is 9.83. The minimum absolute atomic E-state index is 0.0558. The van der Waals surface area contributed by atoms with Crippen molar-refractivity contribution < 1.29 is 0 Å². The lowest BCUT2D eigenvalue weighted by Crippen LogP contribution is -2.12. The normalized spacial score (nSPS) is 20.0. The molecule has 2 atom stereocenters. The fourth-order valence-corrected chi connectivity index (χ4v) is 2.87. The number of hydrogen-bond acceptors (Lipinski definition) is 2. The summed E-state index contributed by atoms with van der Waals surface area (Å²) in [5.74, 6) is -0.0364. The van der Waals surface area contributed by atoms with E-state index in [4.69, 9.17) is 18.4 Å². The predicted molar refractivity (Wildman–Crippen MR) is 89.2 cm³/mol. The Bertz CT molecular complexity index is 876. The first-order valence-corrected chi connectivity index (χ1v) is 7.26. The van der Waals surface area contributed by atoms with E-state index >= 15 is 0 Å². The van der Waals surface area contributed by atoms with Gasteiger partial charge in [0.1, 0.15) is 0 Å². The summed E-state index contributed by atoms with van der Waals surface area (Å²) in [6.45, 7) is 19.4. The first kappa shape index (κ1) is 18.3. The molecule has 0 radical (unpaired) electrons. The van der Waals surface area contributed by atoms with Gasteiger partial charge in [-0.3, -0.25) is 0 Å². The van der Waals surface area contributed by atoms with Crippen LogP contribution in [0.4, 0.5) is 0 Å². The second-order valence-electron chi connectivity index (χ2n) is 5.12. The van der Waals surface area contributed by atoms with Gasteiger partial charge in [0.25, 0.3) is 11.4 Å². The summed E-state index contributed by atoms with van der Waals surface area (Å²) in [6, 6.07) is 3.76. The van der Waals surface area contributed by atoms with Crippen molar-refractivity contribution in [1.82, 2.24) is 0 Å². The molecule has 4 heteroatoms. The van der Waals surface area contributed by atoms with Gasteiger partial charge >= 0.3 is 0 Å². The Labute approximate surface area is 142 Å². The van der Waals surface area contributed by atoms with Crippen molar-refractivity contribution in [2.75, 3.05) is 0 Å². The Kier molecular flexibility index (Phi) is 7.14. The van der Waals surface area contributed by atoms with Crippen LogP contribution in [0.2, 0.25) is 0 Å². The first-order chi connectivity index (χ1) is 11.6. The van der Waals surface area contributed by atoms with Crippen LogP contribution in [0.5, 0.6) is 0 Å². The molecule has 0 amide bonds. The first-order valence-electron chi connectivity index (χ1n) is 7.26. The highest BCUT2D eigenvalue weighted by Gasteiger charge is 2.32. The Morgan fingerprint density at radius 3 is 2.33 bits per heavy atom. The molecule has 0 aromatic heterocycles. The lowest BCUT2D eigenvalue weighted by Gasteiger charge is -2.21. The number of allylic oxidation sites excluding steroid dienone is 5. The standard InChI is InChI=1S/C20H14N4/c1-5-6-7-8-10-16-11-9-12-17(16)20(19(14-22)24-4)15(2)18(13-21)23-3/h10,16-17H,1,9,11-12H2,2H3/b18-15+,20-19+. The summed E-state index contributed by atoms with van der Waals surface area (Å²) < 4.78 is 0. The second kappa shape index (κ2) is 9.34. The molecule has 24 heavy (non-hydrogen) atoms. The van der Waals surface area contributed by atoms with Crippen LogP contribution in [0, 0.1) is 47.6 Å². The number of rotatable bonds is 3. The van der Waals surface area contributed by atoms with Crippen molar-refractivity contribution in [1.29, 1.82) is 10.5 Å². The Hall–Kier alpha value is -3.70. The third kappa shape index (κ3) is 4.16. The largest absolute Gasteiger partial charge is 0.264 e. The monoisotopic (exact) mass is 310 g/mol. The summed E-state index contributed by atoms with van der Waals surface area (Å²) in [6.07, 6.45) is 4.43. The van der Waals surface area contributed by atoms with Gasteiger partial charge in [0.05, 0.1) is 25.3 Å². The maximum Gasteiger partial charge on any atom is 0.264 e. The molecule has 1 saturated carbocycles. The Morgan fingerprint density at radius 1 is 1.12 bits per heavy atom. The molecule has 0 aromatic carbocycles. The fraction of sp³-hybridized carbons (Fsp3) is 0.300. The molecule has 2 unspecified atom stereocenters. The smallest absolute Gasteiger partial charge is 0.226 e. The van der Waals surface area contributed by atoms with Gasteiger partial charge in [0.15, 0.2) is 0 Å². The van der Waals surface area contributed by atoms with Crippen LogP contribution in [-0.4, -0.2) is 0 Å². The van der Waals surface area contributed by atoms with E-state index in [1.165, 1.54) is 0 Å². The molecule has 0 bridgehead atoms. The number of hydrogen-bond donors (Lipinski definition) is 0. The highest BCUT2D eigenvalue weighted by Crippen LogP contribution is 2.42. The molecule has 1 rings (SSSR count). The van der Waals surface area contributed by atoms with Crippen LogP contribution in [0.3, 0.4) is 0 Å². The Balaban J connectivity index is 3.57. The molecule has 1 aliphatic carbocycles. The third-order valence-corrected chi connectivity index (χ3v) is 3.91. The molecule has 0 aliphatic heterocycles. The maximum absolute atomic E-state index is 9.30. The second-order valence-corrected chi connectivity index (χ2v) is 5.12. The van der Waals surface area contributed by atoms with Crippen molar-refractivity contribution in [3.8, 4) is 12.1 Å². The summed E-state index contributed by atoms with van der Waals surface area (Å²) in [7, 11) is 0. The Morgan fingerprint density at radius 2 is 1.79 bits per heavy atom. The van der Waals surface area contributed by atoms with E-state index in [9.17, 15) is 5.26 Å². The fourth-order valence-electron chi connectivity index (χ4n) is 2.87. The average Bonchev–Trinajstić information content (AvgIpc) is 3.05. The van der Waals surface area contributed by atoms with E-state index in [0.29, 0.717) is 11.1 Å². The van der Waals surface area contributed by atoms with Crippen molar-refractivity contribution in [2.24, 2.45) is 11.8 Å². The van der Waals surface area contributed by atoms with Crippen LogP contribution in [0.15, 0.2) is 58.1 Å². The molecular weight excluding hydrogens is 296 g/mol. The zero-order valence-corrected chi connectivity index (χ0v) is 13.3. The van der Waals surface area contributed by atoms with Crippen LogP contribution in [-0.2, 0) is 0 Å². The molecule has 0 aromatic rings. The molecule has 114 valence electrons. The van der Waals surface area contributed by atoms with Crippen molar-refractivity contribution >= 4 is 0 Å². The van der Waals surface area contributed by atoms with Crippen LogP contribution < -0.4 is 0 Å². The van der Waals surface area contributed by atoms with Gasteiger partial charge in [-0.1, -0.05) is 17.9 Å². The predicted octanol–water partition coefficient (Wildman–Crippen LogP) is 4.62. The minimum atomic E-state index is -0.0964. The van der Waals surface area contributed by atoms with E-state index in [1.54, 1.807) is 6.92 Å². The van der Waals surface area contributed by atoms with Gasteiger partial charge in [0, 0.05) is 0 Å². The molecule has 1 aliphatic rings. The molecule has 0 spiro atoms. The maximum atomic E-state index is 9.30. The van der Waals surface area contributed by atoms with E-state index in [1.807, 2.05) is 18.2 Å². The van der Waals surface area contributed by atoms with Crippen molar-refractivity contribution in [2.45, 2.75) is 26.2 Å². The molecule has 0 heterocycles. The van der Waals surface area contributed by atoms with Crippen LogP contribution >= 0.6 is 0 Å². The molecule has 1 fully saturated rings. The molecule has 0 saturated heterocycles. The highest BCUT2D eigenvalue weighted by atomic mass is 14.7. The SMILES string of the molecule is [C-]#[N+]/C(C#N)=C(\C(C)=C(/C#N)[N+]#[C-])C1CCCC1C=C=C=C=C=C. The van der Waals surface area contributed by atoms with E-state index in [2.05, 4.69) is 39.2 Å². The number of nitriles is 2. The van der Waals surface area contributed by atoms with E-state index < -0.39 is 0 Å². The van der Waals surface area contributed by atoms with E-state index in [-0.39, 0.29) is 23.2 Å². The topological polar surface area (TPSA) is 56.3 Å². The highest BCUT2D eigenvalue weighted by molar-refractivity contribution is 5.52. The van der Waals surface area contributed by atoms with Gasteiger partial charge in [-0.15, -0.1) is 0 Å². The average molecular weight is 310 g/mol. The van der Waals surface area contributed by atoms with Crippen LogP contribution in [0.25, 0.3) is 9.69 Å². The van der Waals surface area contributed by atoms with Crippen molar-refractivity contribution in [3.05, 3.63) is 81.0 Å². The summed E-state index contributed by atoms with van der Waals surface area (Å²) in [5.41, 5.74) is 11.3. The molecular formula is C20H14N4. The quantitative estimate of drug-likeness (QED) is 0.330. The third-order valence-electron chi connectivity index (χ3n) is 3.91. The zero-order chi connectivity index (χ0) is 17.9. The summed E-state index contributed by atoms with van der Waals surface area (Å²) >= 11 is 0. The van der Waals surface area contributed by atoms with Gasteiger partial charge < -0.3 is 0 Å². The molecule has 4 nitrogen and oxygen atoms in total. The summed E-state index contributed by atoms with van der Waals surface area (Å²) in [4.78, 5) is 6.53. The van der Waals surface area contributed by atoms with Gasteiger partial charge in [-0.2, -0.15) is 0 Å². The number of nitrogens with zero attached hydrogens (tertiary/aromatic N) is 4. The minimum Gasteiger partial charge on any atom is -0.226 e. The van der Waals surface area contributed by atoms with Gasteiger partial charge in [0.2, 0.25) is 0 Å². The molecule has 0 N–H and O–H groups in total. The summed E-state index contributed by atoms with van der Waals surface area (Å²) in [5, 5.41) is 18.4. The van der Waals surface area contributed by atoms with Gasteiger partial charge in [-0.25, -0.2) is 20.2 Å². The van der Waals surface area contributed by atoms with Crippen molar-refractivity contribution in [3.63, 3.8) is 0 Å². The lowest BCUT2D eigenvalue weighted by molar-refractivity contribution is 0.532. The van der Waals surface area contributed by atoms with Crippen LogP contribution in [0.1, 0.15) is 26.2 Å². The van der Waals surface area contributed by atoms with E-state index in [0.717, 1.165) is 19.3 Å². The zero-order valence-electron chi connectivity index (χ0n) is 13.3. The van der Waals surface area contributed by atoms with Gasteiger partial charge in [-0.05, 0) is 66.9 Å².